The molecule has 0 aliphatic carbocycles. The summed E-state index contributed by atoms with van der Waals surface area (Å²) in [6.07, 6.45) is 3.56. The zero-order valence-electron chi connectivity index (χ0n) is 9.07. The van der Waals surface area contributed by atoms with Crippen molar-refractivity contribution in [1.82, 2.24) is 0 Å². The van der Waals surface area contributed by atoms with Gasteiger partial charge in [0.25, 0.3) is 0 Å². The first-order chi connectivity index (χ1) is 7.22. The molecule has 1 heteroatoms. The molecule has 15 heavy (non-hydrogen) atoms. The summed E-state index contributed by atoms with van der Waals surface area (Å²) < 4.78 is 5.57. The molecule has 0 bridgehead atoms. The van der Waals surface area contributed by atoms with Gasteiger partial charge in [-0.25, -0.2) is 0 Å². The van der Waals surface area contributed by atoms with Crippen LogP contribution < -0.4 is 0 Å². The SMILES string of the molecule is C=C/C(=C\C(=C)C)OCc1ccccc1. The molecule has 0 N–H and O–H groups in total. The minimum Gasteiger partial charge on any atom is -0.489 e. The molecule has 78 valence electrons. The van der Waals surface area contributed by atoms with Gasteiger partial charge in [0.1, 0.15) is 12.4 Å². The van der Waals surface area contributed by atoms with E-state index >= 15 is 0 Å². The number of allylic oxidation sites excluding steroid dienone is 3. The first-order valence-corrected chi connectivity index (χ1v) is 4.88. The summed E-state index contributed by atoms with van der Waals surface area (Å²) >= 11 is 0. The maximum atomic E-state index is 5.57. The average Bonchev–Trinajstić information content (AvgIpc) is 2.25. The van der Waals surface area contributed by atoms with Gasteiger partial charge in [-0.2, -0.15) is 0 Å². The smallest absolute Gasteiger partial charge is 0.119 e. The minimum absolute atomic E-state index is 0.561. The van der Waals surface area contributed by atoms with E-state index in [1.165, 1.54) is 0 Å². The van der Waals surface area contributed by atoms with E-state index in [1.807, 2.05) is 43.3 Å². The topological polar surface area (TPSA) is 9.23 Å². The van der Waals surface area contributed by atoms with Crippen LogP contribution in [-0.4, -0.2) is 0 Å². The number of rotatable bonds is 5. The average molecular weight is 200 g/mol. The van der Waals surface area contributed by atoms with Gasteiger partial charge in [0.2, 0.25) is 0 Å². The molecule has 0 heterocycles. The molecule has 1 aromatic rings. The van der Waals surface area contributed by atoms with Gasteiger partial charge in [0, 0.05) is 0 Å². The van der Waals surface area contributed by atoms with Crippen LogP contribution in [0.2, 0.25) is 0 Å². The van der Waals surface area contributed by atoms with Gasteiger partial charge in [-0.15, -0.1) is 0 Å². The fourth-order valence-electron chi connectivity index (χ4n) is 1.14. The van der Waals surface area contributed by atoms with Crippen molar-refractivity contribution in [2.75, 3.05) is 0 Å². The summed E-state index contributed by atoms with van der Waals surface area (Å²) in [5, 5.41) is 0. The molecular weight excluding hydrogens is 184 g/mol. The Kier molecular flexibility index (Phi) is 4.42. The lowest BCUT2D eigenvalue weighted by Gasteiger charge is -2.06. The highest BCUT2D eigenvalue weighted by molar-refractivity contribution is 5.22. The minimum atomic E-state index is 0.561. The summed E-state index contributed by atoms with van der Waals surface area (Å²) in [6.45, 7) is 9.97. The van der Waals surface area contributed by atoms with Crippen molar-refractivity contribution in [3.8, 4) is 0 Å². The number of hydrogen-bond donors (Lipinski definition) is 0. The van der Waals surface area contributed by atoms with Crippen LogP contribution in [0.4, 0.5) is 0 Å². The molecule has 0 amide bonds. The highest BCUT2D eigenvalue weighted by atomic mass is 16.5. The van der Waals surface area contributed by atoms with Gasteiger partial charge >= 0.3 is 0 Å². The second kappa shape index (κ2) is 5.86. The molecule has 1 rings (SSSR count). The van der Waals surface area contributed by atoms with Crippen molar-refractivity contribution in [3.63, 3.8) is 0 Å². The van der Waals surface area contributed by atoms with Crippen LogP contribution >= 0.6 is 0 Å². The first-order valence-electron chi connectivity index (χ1n) is 4.88. The van der Waals surface area contributed by atoms with E-state index in [-0.39, 0.29) is 0 Å². The van der Waals surface area contributed by atoms with Crippen LogP contribution in [0.1, 0.15) is 12.5 Å². The van der Waals surface area contributed by atoms with Gasteiger partial charge < -0.3 is 4.74 Å². The Bertz CT molecular complexity index is 360. The van der Waals surface area contributed by atoms with Gasteiger partial charge in [-0.1, -0.05) is 49.1 Å². The van der Waals surface area contributed by atoms with Crippen molar-refractivity contribution in [2.24, 2.45) is 0 Å². The number of hydrogen-bond acceptors (Lipinski definition) is 1. The van der Waals surface area contributed by atoms with Crippen molar-refractivity contribution in [2.45, 2.75) is 13.5 Å². The number of benzene rings is 1. The third kappa shape index (κ3) is 4.32. The Morgan fingerprint density at radius 3 is 2.53 bits per heavy atom. The molecule has 0 unspecified atom stereocenters. The van der Waals surface area contributed by atoms with Crippen LogP contribution in [0.25, 0.3) is 0 Å². The Morgan fingerprint density at radius 1 is 1.33 bits per heavy atom. The molecule has 0 fully saturated rings. The van der Waals surface area contributed by atoms with Crippen LogP contribution in [0.15, 0.2) is 67.0 Å². The van der Waals surface area contributed by atoms with Crippen LogP contribution in [-0.2, 0) is 11.3 Å². The van der Waals surface area contributed by atoms with E-state index in [1.54, 1.807) is 6.08 Å². The summed E-state index contributed by atoms with van der Waals surface area (Å²) in [7, 11) is 0. The van der Waals surface area contributed by atoms with Crippen molar-refractivity contribution in [1.29, 1.82) is 0 Å². The Hall–Kier alpha value is -1.76. The van der Waals surface area contributed by atoms with E-state index in [2.05, 4.69) is 13.2 Å². The van der Waals surface area contributed by atoms with E-state index in [0.29, 0.717) is 6.61 Å². The summed E-state index contributed by atoms with van der Waals surface area (Å²) in [6, 6.07) is 10.0. The molecule has 0 spiro atoms. The molecule has 0 radical (unpaired) electrons. The lowest BCUT2D eigenvalue weighted by molar-refractivity contribution is 0.211. The van der Waals surface area contributed by atoms with Crippen molar-refractivity contribution >= 4 is 0 Å². The molecular formula is C14H16O. The third-order valence-corrected chi connectivity index (χ3v) is 1.84. The van der Waals surface area contributed by atoms with Gasteiger partial charge in [-0.3, -0.25) is 0 Å². The normalized spacial score (nSPS) is 10.9. The summed E-state index contributed by atoms with van der Waals surface area (Å²) in [5.74, 6) is 0.756. The number of ether oxygens (including phenoxy) is 1. The Labute approximate surface area is 91.4 Å². The van der Waals surface area contributed by atoms with Crippen LogP contribution in [0.3, 0.4) is 0 Å². The Balaban J connectivity index is 2.56. The molecule has 0 atom stereocenters. The van der Waals surface area contributed by atoms with E-state index < -0.39 is 0 Å². The molecule has 0 saturated heterocycles. The predicted octanol–water partition coefficient (Wildman–Crippen LogP) is 3.85. The van der Waals surface area contributed by atoms with E-state index in [0.717, 1.165) is 16.9 Å². The standard InChI is InChI=1S/C14H16O/c1-4-14(10-12(2)3)15-11-13-8-6-5-7-9-13/h4-10H,1-2,11H2,3H3/b14-10+. The molecule has 1 nitrogen and oxygen atoms in total. The highest BCUT2D eigenvalue weighted by Crippen LogP contribution is 2.08. The molecule has 0 aliphatic heterocycles. The fourth-order valence-corrected chi connectivity index (χ4v) is 1.14. The van der Waals surface area contributed by atoms with Crippen molar-refractivity contribution in [3.05, 3.63) is 72.5 Å². The van der Waals surface area contributed by atoms with Crippen molar-refractivity contribution < 1.29 is 4.74 Å². The van der Waals surface area contributed by atoms with Gasteiger partial charge in [-0.05, 0) is 24.6 Å². The van der Waals surface area contributed by atoms with Gasteiger partial charge in [0.15, 0.2) is 0 Å². The molecule has 1 aromatic carbocycles. The molecule has 0 aromatic heterocycles. The zero-order valence-corrected chi connectivity index (χ0v) is 9.07. The second-order valence-corrected chi connectivity index (χ2v) is 3.37. The fraction of sp³-hybridized carbons (Fsp3) is 0.143. The molecule has 0 aliphatic rings. The van der Waals surface area contributed by atoms with Gasteiger partial charge in [0.05, 0.1) is 0 Å². The monoisotopic (exact) mass is 200 g/mol. The predicted molar refractivity (Wildman–Crippen MR) is 64.3 cm³/mol. The lowest BCUT2D eigenvalue weighted by atomic mass is 10.2. The largest absolute Gasteiger partial charge is 0.489 e. The molecule has 0 saturated carbocycles. The third-order valence-electron chi connectivity index (χ3n) is 1.84. The lowest BCUT2D eigenvalue weighted by Crippen LogP contribution is -1.91. The maximum absolute atomic E-state index is 5.57. The Morgan fingerprint density at radius 2 is 2.00 bits per heavy atom. The first kappa shape index (κ1) is 11.3. The highest BCUT2D eigenvalue weighted by Gasteiger charge is 1.94. The van der Waals surface area contributed by atoms with Crippen LogP contribution in [0.5, 0.6) is 0 Å². The van der Waals surface area contributed by atoms with E-state index in [4.69, 9.17) is 4.74 Å². The van der Waals surface area contributed by atoms with Crippen LogP contribution in [0, 0.1) is 0 Å². The summed E-state index contributed by atoms with van der Waals surface area (Å²) in [5.41, 5.74) is 2.10. The quantitative estimate of drug-likeness (QED) is 0.518. The van der Waals surface area contributed by atoms with E-state index in [9.17, 15) is 0 Å². The zero-order chi connectivity index (χ0) is 11.1. The maximum Gasteiger partial charge on any atom is 0.119 e. The summed E-state index contributed by atoms with van der Waals surface area (Å²) in [4.78, 5) is 0. The second-order valence-electron chi connectivity index (χ2n) is 3.37.